The molecule has 1 aromatic carbocycles. The lowest BCUT2D eigenvalue weighted by Gasteiger charge is -2.14. The van der Waals surface area contributed by atoms with Crippen molar-refractivity contribution in [3.8, 4) is 5.75 Å². The van der Waals surface area contributed by atoms with Crippen LogP contribution in [0.3, 0.4) is 0 Å². The van der Waals surface area contributed by atoms with E-state index in [9.17, 15) is 9.59 Å². The number of esters is 1. The second-order valence-corrected chi connectivity index (χ2v) is 6.05. The summed E-state index contributed by atoms with van der Waals surface area (Å²) in [6.07, 6.45) is 0.298. The van der Waals surface area contributed by atoms with Crippen molar-refractivity contribution in [2.24, 2.45) is 0 Å². The molecular weight excluding hydrogens is 367 g/mol. The van der Waals surface area contributed by atoms with Crippen molar-refractivity contribution in [3.63, 3.8) is 0 Å². The second-order valence-electron chi connectivity index (χ2n) is 5.21. The molecule has 1 heterocycles. The van der Waals surface area contributed by atoms with Crippen molar-refractivity contribution in [1.82, 2.24) is 4.98 Å². The maximum atomic E-state index is 12.2. The van der Waals surface area contributed by atoms with Gasteiger partial charge in [-0.3, -0.25) is 4.79 Å². The summed E-state index contributed by atoms with van der Waals surface area (Å²) in [6, 6.07) is 6.33. The van der Waals surface area contributed by atoms with Crippen LogP contribution in [0.15, 0.2) is 30.5 Å². The Morgan fingerprint density at radius 3 is 2.60 bits per heavy atom. The lowest BCUT2D eigenvalue weighted by molar-refractivity contribution is -0.123. The van der Waals surface area contributed by atoms with E-state index in [2.05, 4.69) is 10.3 Å². The topological polar surface area (TPSA) is 77.5 Å². The van der Waals surface area contributed by atoms with Crippen LogP contribution < -0.4 is 10.1 Å². The van der Waals surface area contributed by atoms with Crippen LogP contribution in [0.2, 0.25) is 10.0 Å². The minimum Gasteiger partial charge on any atom is -0.496 e. The quantitative estimate of drug-likeness (QED) is 0.793. The molecule has 6 nitrogen and oxygen atoms in total. The molecule has 0 aliphatic rings. The molecule has 0 unspecified atom stereocenters. The van der Waals surface area contributed by atoms with Crippen LogP contribution >= 0.6 is 23.2 Å². The number of ether oxygens (including phenoxy) is 2. The number of aromatic nitrogens is 1. The third-order valence-corrected chi connectivity index (χ3v) is 3.84. The molecule has 1 atom stereocenters. The van der Waals surface area contributed by atoms with Crippen LogP contribution in [0.1, 0.15) is 22.8 Å². The Labute approximate surface area is 155 Å². The van der Waals surface area contributed by atoms with Gasteiger partial charge in [0.15, 0.2) is 11.9 Å². The van der Waals surface area contributed by atoms with Crippen LogP contribution in [0, 0.1) is 6.92 Å². The number of aryl methyl sites for hydroxylation is 1. The number of amides is 1. The molecule has 1 aromatic heterocycles. The second kappa shape index (κ2) is 8.18. The van der Waals surface area contributed by atoms with E-state index in [0.29, 0.717) is 10.8 Å². The summed E-state index contributed by atoms with van der Waals surface area (Å²) in [5.41, 5.74) is 1.16. The van der Waals surface area contributed by atoms with Gasteiger partial charge in [0.1, 0.15) is 5.75 Å². The van der Waals surface area contributed by atoms with Crippen molar-refractivity contribution < 1.29 is 19.1 Å². The standard InChI is InChI=1S/C17H16Cl2N2O4/c1-9-4-5-11(6-14(9)24-3)17(23)25-10(2)16(22)21-15-13(19)7-12(18)8-20-15/h4-8,10H,1-3H3,(H,20,21,22)/t10-/m1/s1. The number of benzene rings is 1. The predicted molar refractivity (Wildman–Crippen MR) is 95.5 cm³/mol. The molecule has 2 aromatic rings. The Morgan fingerprint density at radius 1 is 1.24 bits per heavy atom. The summed E-state index contributed by atoms with van der Waals surface area (Å²) >= 11 is 11.7. The molecule has 0 aliphatic carbocycles. The number of rotatable bonds is 5. The molecule has 0 saturated carbocycles. The van der Waals surface area contributed by atoms with Crippen molar-refractivity contribution >= 4 is 40.9 Å². The van der Waals surface area contributed by atoms with Gasteiger partial charge < -0.3 is 14.8 Å². The molecule has 8 heteroatoms. The number of nitrogens with one attached hydrogen (secondary N) is 1. The SMILES string of the molecule is COc1cc(C(=O)O[C@H](C)C(=O)Nc2ncc(Cl)cc2Cl)ccc1C. The molecule has 1 amide bonds. The Morgan fingerprint density at radius 2 is 1.96 bits per heavy atom. The van der Waals surface area contributed by atoms with Gasteiger partial charge in [0, 0.05) is 6.20 Å². The lowest BCUT2D eigenvalue weighted by Crippen LogP contribution is -2.30. The zero-order valence-corrected chi connectivity index (χ0v) is 15.3. The predicted octanol–water partition coefficient (Wildman–Crippen LogP) is 3.89. The Hall–Kier alpha value is -2.31. The highest BCUT2D eigenvalue weighted by atomic mass is 35.5. The Balaban J connectivity index is 2.04. The largest absolute Gasteiger partial charge is 0.496 e. The van der Waals surface area contributed by atoms with Crippen LogP contribution in [-0.4, -0.2) is 30.1 Å². The highest BCUT2D eigenvalue weighted by Gasteiger charge is 2.21. The molecule has 0 saturated heterocycles. The van der Waals surface area contributed by atoms with Crippen molar-refractivity contribution in [2.45, 2.75) is 20.0 Å². The normalized spacial score (nSPS) is 11.6. The van der Waals surface area contributed by atoms with Gasteiger partial charge in [-0.15, -0.1) is 0 Å². The highest BCUT2D eigenvalue weighted by Crippen LogP contribution is 2.23. The zero-order valence-electron chi connectivity index (χ0n) is 13.8. The first-order chi connectivity index (χ1) is 11.8. The van der Waals surface area contributed by atoms with E-state index in [4.69, 9.17) is 32.7 Å². The molecule has 2 rings (SSSR count). The number of hydrogen-bond donors (Lipinski definition) is 1. The number of nitrogens with zero attached hydrogens (tertiary/aromatic N) is 1. The molecule has 0 spiro atoms. The van der Waals surface area contributed by atoms with Crippen molar-refractivity contribution in [3.05, 3.63) is 51.6 Å². The number of halogens is 2. The lowest BCUT2D eigenvalue weighted by atomic mass is 10.1. The van der Waals surface area contributed by atoms with Gasteiger partial charge in [0.25, 0.3) is 5.91 Å². The van der Waals surface area contributed by atoms with Crippen LogP contribution in [-0.2, 0) is 9.53 Å². The summed E-state index contributed by atoms with van der Waals surface area (Å²) in [5.74, 6) is -0.514. The van der Waals surface area contributed by atoms with Crippen molar-refractivity contribution in [1.29, 1.82) is 0 Å². The van der Waals surface area contributed by atoms with Crippen LogP contribution in [0.5, 0.6) is 5.75 Å². The van der Waals surface area contributed by atoms with E-state index in [0.717, 1.165) is 5.56 Å². The number of carbonyl (C=O) groups is 2. The van der Waals surface area contributed by atoms with Crippen LogP contribution in [0.4, 0.5) is 5.82 Å². The van der Waals surface area contributed by atoms with E-state index in [-0.39, 0.29) is 16.4 Å². The fourth-order valence-electron chi connectivity index (χ4n) is 1.95. The van der Waals surface area contributed by atoms with Gasteiger partial charge in [0.2, 0.25) is 0 Å². The summed E-state index contributed by atoms with van der Waals surface area (Å²) in [6.45, 7) is 3.30. The number of carbonyl (C=O) groups excluding carboxylic acids is 2. The van der Waals surface area contributed by atoms with Crippen molar-refractivity contribution in [2.75, 3.05) is 12.4 Å². The number of pyridine rings is 1. The minimum absolute atomic E-state index is 0.135. The third-order valence-electron chi connectivity index (χ3n) is 3.35. The molecule has 0 bridgehead atoms. The maximum Gasteiger partial charge on any atom is 0.339 e. The molecule has 0 aliphatic heterocycles. The van der Waals surface area contributed by atoms with E-state index >= 15 is 0 Å². The van der Waals surface area contributed by atoms with Crippen LogP contribution in [0.25, 0.3) is 0 Å². The van der Waals surface area contributed by atoms with Gasteiger partial charge in [-0.2, -0.15) is 0 Å². The molecule has 0 radical (unpaired) electrons. The maximum absolute atomic E-state index is 12.2. The number of anilines is 1. The first kappa shape index (κ1) is 19.0. The zero-order chi connectivity index (χ0) is 18.6. The minimum atomic E-state index is -1.05. The molecule has 0 fully saturated rings. The third kappa shape index (κ3) is 4.84. The summed E-state index contributed by atoms with van der Waals surface area (Å²) in [7, 11) is 1.51. The van der Waals surface area contributed by atoms with E-state index in [1.807, 2.05) is 6.92 Å². The smallest absolute Gasteiger partial charge is 0.339 e. The highest BCUT2D eigenvalue weighted by molar-refractivity contribution is 6.36. The Bertz CT molecular complexity index is 811. The van der Waals surface area contributed by atoms with Gasteiger partial charge in [-0.1, -0.05) is 29.3 Å². The van der Waals surface area contributed by atoms with Gasteiger partial charge in [0.05, 0.1) is 22.7 Å². The fraction of sp³-hybridized carbons (Fsp3) is 0.235. The molecular formula is C17H16Cl2N2O4. The van der Waals surface area contributed by atoms with Gasteiger partial charge >= 0.3 is 5.97 Å². The molecule has 132 valence electrons. The molecule has 1 N–H and O–H groups in total. The number of hydrogen-bond acceptors (Lipinski definition) is 5. The average Bonchev–Trinajstić information content (AvgIpc) is 2.57. The van der Waals surface area contributed by atoms with Gasteiger partial charge in [-0.25, -0.2) is 9.78 Å². The van der Waals surface area contributed by atoms with E-state index in [1.54, 1.807) is 18.2 Å². The summed E-state index contributed by atoms with van der Waals surface area (Å²) in [5, 5.41) is 3.01. The average molecular weight is 383 g/mol. The van der Waals surface area contributed by atoms with E-state index < -0.39 is 18.0 Å². The monoisotopic (exact) mass is 382 g/mol. The fourth-order valence-corrected chi connectivity index (χ4v) is 2.38. The van der Waals surface area contributed by atoms with Gasteiger partial charge in [-0.05, 0) is 37.6 Å². The first-order valence-corrected chi connectivity index (χ1v) is 8.05. The Kier molecular flexibility index (Phi) is 6.22. The summed E-state index contributed by atoms with van der Waals surface area (Å²) in [4.78, 5) is 28.3. The van der Waals surface area contributed by atoms with E-state index in [1.165, 1.54) is 26.3 Å². The first-order valence-electron chi connectivity index (χ1n) is 7.29. The summed E-state index contributed by atoms with van der Waals surface area (Å²) < 4.78 is 10.3. The number of methoxy groups -OCH3 is 1. The molecule has 25 heavy (non-hydrogen) atoms.